The molecule has 4 rings (SSSR count). The van der Waals surface area contributed by atoms with Gasteiger partial charge in [-0.3, -0.25) is 9.78 Å². The molecule has 3 aromatic rings. The Balaban J connectivity index is 0.00000196. The summed E-state index contributed by atoms with van der Waals surface area (Å²) in [5, 5.41) is 0. The number of hydrogen-bond donors (Lipinski definition) is 0. The van der Waals surface area contributed by atoms with Crippen LogP contribution >= 0.6 is 12.4 Å². The standard InChI is InChI=1S/C20H20N4O.ClH/c25-20(19-9-5-11-24(19)17-6-2-1-3-7-17)23-14-12-22(13-15-23)18-8-4-10-21-16-18;/h1-11,16H,12-15H2;1H. The van der Waals surface area contributed by atoms with E-state index in [9.17, 15) is 4.79 Å². The molecule has 0 aliphatic carbocycles. The van der Waals surface area contributed by atoms with Crippen LogP contribution in [-0.2, 0) is 0 Å². The highest BCUT2D eigenvalue weighted by molar-refractivity contribution is 5.93. The lowest BCUT2D eigenvalue weighted by Crippen LogP contribution is -2.49. The van der Waals surface area contributed by atoms with Crippen molar-refractivity contribution in [3.63, 3.8) is 0 Å². The maximum atomic E-state index is 13.0. The van der Waals surface area contributed by atoms with Crippen LogP contribution in [0.25, 0.3) is 5.69 Å². The molecule has 1 aliphatic heterocycles. The van der Waals surface area contributed by atoms with Crippen LogP contribution in [0.2, 0.25) is 0 Å². The normalized spacial score (nSPS) is 14.0. The van der Waals surface area contributed by atoms with Gasteiger partial charge in [0.25, 0.3) is 5.91 Å². The summed E-state index contributed by atoms with van der Waals surface area (Å²) in [5.41, 5.74) is 2.83. The van der Waals surface area contributed by atoms with Gasteiger partial charge in [0.1, 0.15) is 5.69 Å². The van der Waals surface area contributed by atoms with E-state index in [1.165, 1.54) is 0 Å². The first-order valence-electron chi connectivity index (χ1n) is 8.50. The van der Waals surface area contributed by atoms with Crippen molar-refractivity contribution in [2.75, 3.05) is 31.1 Å². The fourth-order valence-corrected chi connectivity index (χ4v) is 3.24. The van der Waals surface area contributed by atoms with Gasteiger partial charge in [-0.2, -0.15) is 0 Å². The predicted molar refractivity (Wildman–Crippen MR) is 105 cm³/mol. The SMILES string of the molecule is Cl.O=C(c1cccn1-c1ccccc1)N1CCN(c2cccnc2)CC1. The van der Waals surface area contributed by atoms with Gasteiger partial charge in [0.2, 0.25) is 0 Å². The van der Waals surface area contributed by atoms with E-state index in [4.69, 9.17) is 0 Å². The fraction of sp³-hybridized carbons (Fsp3) is 0.200. The molecule has 5 nitrogen and oxygen atoms in total. The lowest BCUT2D eigenvalue weighted by Gasteiger charge is -2.36. The number of para-hydroxylation sites is 1. The number of anilines is 1. The highest BCUT2D eigenvalue weighted by atomic mass is 35.5. The second kappa shape index (κ2) is 8.06. The average Bonchev–Trinajstić information content (AvgIpc) is 3.19. The monoisotopic (exact) mass is 368 g/mol. The number of hydrogen-bond acceptors (Lipinski definition) is 3. The fourth-order valence-electron chi connectivity index (χ4n) is 3.24. The van der Waals surface area contributed by atoms with Crippen molar-refractivity contribution in [3.05, 3.63) is 78.9 Å². The largest absolute Gasteiger partial charge is 0.367 e. The number of amides is 1. The highest BCUT2D eigenvalue weighted by Crippen LogP contribution is 2.18. The molecule has 0 spiro atoms. The molecule has 1 saturated heterocycles. The number of nitrogens with zero attached hydrogens (tertiary/aromatic N) is 4. The number of pyridine rings is 1. The first-order chi connectivity index (χ1) is 12.3. The molecular formula is C20H21ClN4O. The maximum absolute atomic E-state index is 13.0. The number of benzene rings is 1. The molecule has 0 atom stereocenters. The van der Waals surface area contributed by atoms with Crippen LogP contribution in [0.5, 0.6) is 0 Å². The van der Waals surface area contributed by atoms with Gasteiger partial charge in [-0.05, 0) is 36.4 Å². The second-order valence-corrected chi connectivity index (χ2v) is 6.09. The number of carbonyl (C=O) groups excluding carboxylic acids is 1. The summed E-state index contributed by atoms with van der Waals surface area (Å²) in [5.74, 6) is 0.0830. The van der Waals surface area contributed by atoms with Gasteiger partial charge in [-0.1, -0.05) is 18.2 Å². The third-order valence-electron chi connectivity index (χ3n) is 4.58. The van der Waals surface area contributed by atoms with Crippen LogP contribution in [0.1, 0.15) is 10.5 Å². The Bertz CT molecular complexity index is 843. The van der Waals surface area contributed by atoms with Crippen LogP contribution in [0.4, 0.5) is 5.69 Å². The van der Waals surface area contributed by atoms with Gasteiger partial charge >= 0.3 is 0 Å². The summed E-state index contributed by atoms with van der Waals surface area (Å²) in [4.78, 5) is 21.3. The molecule has 0 N–H and O–H groups in total. The van der Waals surface area contributed by atoms with E-state index in [1.807, 2.05) is 70.4 Å². The van der Waals surface area contributed by atoms with Crippen LogP contribution < -0.4 is 4.90 Å². The van der Waals surface area contributed by atoms with Gasteiger partial charge in [0.15, 0.2) is 0 Å². The first-order valence-corrected chi connectivity index (χ1v) is 8.50. The molecule has 1 aromatic carbocycles. The summed E-state index contributed by atoms with van der Waals surface area (Å²) < 4.78 is 1.95. The van der Waals surface area contributed by atoms with Gasteiger partial charge in [0.05, 0.1) is 11.9 Å². The average molecular weight is 369 g/mol. The van der Waals surface area contributed by atoms with Gasteiger partial charge in [0, 0.05) is 44.3 Å². The summed E-state index contributed by atoms with van der Waals surface area (Å²) in [6.07, 6.45) is 5.59. The van der Waals surface area contributed by atoms with Crippen molar-refractivity contribution in [1.82, 2.24) is 14.5 Å². The molecule has 134 valence electrons. The van der Waals surface area contributed by atoms with E-state index >= 15 is 0 Å². The minimum Gasteiger partial charge on any atom is -0.367 e. The van der Waals surface area contributed by atoms with Crippen molar-refractivity contribution in [2.24, 2.45) is 0 Å². The summed E-state index contributed by atoms with van der Waals surface area (Å²) in [6, 6.07) is 17.8. The molecule has 3 heterocycles. The quantitative estimate of drug-likeness (QED) is 0.712. The van der Waals surface area contributed by atoms with E-state index in [2.05, 4.69) is 16.0 Å². The van der Waals surface area contributed by atoms with Gasteiger partial charge in [-0.25, -0.2) is 0 Å². The van der Waals surface area contributed by atoms with E-state index in [0.29, 0.717) is 18.8 Å². The van der Waals surface area contributed by atoms with Crippen molar-refractivity contribution in [3.8, 4) is 5.69 Å². The molecule has 0 unspecified atom stereocenters. The lowest BCUT2D eigenvalue weighted by atomic mass is 10.2. The number of halogens is 1. The Morgan fingerprint density at radius 1 is 0.846 bits per heavy atom. The molecular weight excluding hydrogens is 348 g/mol. The zero-order valence-corrected chi connectivity index (χ0v) is 15.2. The van der Waals surface area contributed by atoms with Crippen LogP contribution in [0.15, 0.2) is 73.2 Å². The molecule has 1 fully saturated rings. The topological polar surface area (TPSA) is 41.4 Å². The molecule has 0 saturated carbocycles. The number of carbonyl (C=O) groups is 1. The zero-order valence-electron chi connectivity index (χ0n) is 14.4. The number of aromatic nitrogens is 2. The van der Waals surface area contributed by atoms with Crippen LogP contribution in [-0.4, -0.2) is 46.5 Å². The summed E-state index contributed by atoms with van der Waals surface area (Å²) in [7, 11) is 0. The lowest BCUT2D eigenvalue weighted by molar-refractivity contribution is 0.0739. The van der Waals surface area contributed by atoms with Gasteiger partial charge < -0.3 is 14.4 Å². The predicted octanol–water partition coefficient (Wildman–Crippen LogP) is 3.26. The van der Waals surface area contributed by atoms with Gasteiger partial charge in [-0.15, -0.1) is 12.4 Å². The molecule has 2 aromatic heterocycles. The Labute approximate surface area is 159 Å². The molecule has 0 bridgehead atoms. The van der Waals surface area contributed by atoms with Crippen molar-refractivity contribution in [1.29, 1.82) is 0 Å². The number of piperazine rings is 1. The molecule has 1 amide bonds. The van der Waals surface area contributed by atoms with Crippen molar-refractivity contribution in [2.45, 2.75) is 0 Å². The Kier molecular flexibility index (Phi) is 5.58. The van der Waals surface area contributed by atoms with E-state index in [1.54, 1.807) is 6.20 Å². The minimum atomic E-state index is 0. The number of rotatable bonds is 3. The van der Waals surface area contributed by atoms with Crippen LogP contribution in [0, 0.1) is 0 Å². The van der Waals surface area contributed by atoms with E-state index in [-0.39, 0.29) is 18.3 Å². The Morgan fingerprint density at radius 2 is 1.58 bits per heavy atom. The second-order valence-electron chi connectivity index (χ2n) is 6.09. The van der Waals surface area contributed by atoms with E-state index < -0.39 is 0 Å². The summed E-state index contributed by atoms with van der Waals surface area (Å²) >= 11 is 0. The highest BCUT2D eigenvalue weighted by Gasteiger charge is 2.24. The Hall–Kier alpha value is -2.79. The summed E-state index contributed by atoms with van der Waals surface area (Å²) in [6.45, 7) is 3.08. The Morgan fingerprint density at radius 3 is 2.27 bits per heavy atom. The minimum absolute atomic E-state index is 0. The molecule has 26 heavy (non-hydrogen) atoms. The first kappa shape index (κ1) is 18.0. The molecule has 1 aliphatic rings. The molecule has 0 radical (unpaired) electrons. The third kappa shape index (κ3) is 3.58. The maximum Gasteiger partial charge on any atom is 0.270 e. The van der Waals surface area contributed by atoms with E-state index in [0.717, 1.165) is 24.5 Å². The van der Waals surface area contributed by atoms with Crippen molar-refractivity contribution >= 4 is 24.0 Å². The van der Waals surface area contributed by atoms with Crippen LogP contribution in [0.3, 0.4) is 0 Å². The third-order valence-corrected chi connectivity index (χ3v) is 4.58. The molecule has 6 heteroatoms. The zero-order chi connectivity index (χ0) is 17.1. The smallest absolute Gasteiger partial charge is 0.270 e. The van der Waals surface area contributed by atoms with Crippen molar-refractivity contribution < 1.29 is 4.79 Å².